The number of aliphatic carboxylic acids is 1. The van der Waals surface area contributed by atoms with E-state index in [-0.39, 0.29) is 36.2 Å². The molecule has 58 heavy (non-hydrogen) atoms. The smallest absolute Gasteiger partial charge is 0.362 e. The summed E-state index contributed by atoms with van der Waals surface area (Å²) in [4.78, 5) is 37.1. The van der Waals surface area contributed by atoms with Gasteiger partial charge in [0.05, 0.1) is 34.4 Å². The van der Waals surface area contributed by atoms with E-state index in [1.54, 1.807) is 0 Å². The van der Waals surface area contributed by atoms with Gasteiger partial charge in [-0.2, -0.15) is 0 Å². The lowest BCUT2D eigenvalue weighted by atomic mass is 10.0. The quantitative estimate of drug-likeness (QED) is 0.0283. The first-order chi connectivity index (χ1) is 28.1. The van der Waals surface area contributed by atoms with Crippen LogP contribution in [0.3, 0.4) is 0 Å². The maximum Gasteiger partial charge on any atom is 0.362 e. The Balaban J connectivity index is 4.25. The highest BCUT2D eigenvalue weighted by Gasteiger charge is 2.31. The number of carboxylic acids is 1. The number of hydrogen-bond donors (Lipinski definition) is 1. The minimum absolute atomic E-state index is 0.0520. The number of ether oxygens (including phenoxy) is 3. The van der Waals surface area contributed by atoms with E-state index in [0.717, 1.165) is 64.2 Å². The molecule has 0 aromatic heterocycles. The number of quaternary nitrogens is 1. The van der Waals surface area contributed by atoms with Crippen LogP contribution in [0.1, 0.15) is 226 Å². The second-order valence-corrected chi connectivity index (χ2v) is 17.7. The molecule has 0 amide bonds. The summed E-state index contributed by atoms with van der Waals surface area (Å²) >= 11 is 0. The summed E-state index contributed by atoms with van der Waals surface area (Å²) < 4.78 is 17.3. The Morgan fingerprint density at radius 1 is 0.517 bits per heavy atom. The number of rotatable bonds is 44. The van der Waals surface area contributed by atoms with Crippen molar-refractivity contribution in [2.75, 3.05) is 41.0 Å². The molecular formula is C50H94NO7+. The zero-order valence-electron chi connectivity index (χ0n) is 38.8. The largest absolute Gasteiger partial charge is 0.477 e. The summed E-state index contributed by atoms with van der Waals surface area (Å²) in [5, 5.41) is 9.63. The van der Waals surface area contributed by atoms with Crippen LogP contribution in [0.25, 0.3) is 0 Å². The van der Waals surface area contributed by atoms with Gasteiger partial charge in [-0.15, -0.1) is 0 Å². The van der Waals surface area contributed by atoms with E-state index in [2.05, 4.69) is 38.2 Å². The van der Waals surface area contributed by atoms with Crippen LogP contribution in [0.15, 0.2) is 24.3 Å². The first kappa shape index (κ1) is 55.8. The number of allylic oxidation sites excluding steroid dienone is 4. The van der Waals surface area contributed by atoms with Crippen LogP contribution in [-0.2, 0) is 28.6 Å². The van der Waals surface area contributed by atoms with Gasteiger partial charge in [0.25, 0.3) is 0 Å². The molecule has 2 unspecified atom stereocenters. The first-order valence-corrected chi connectivity index (χ1v) is 24.4. The Morgan fingerprint density at radius 3 is 1.36 bits per heavy atom. The Bertz CT molecular complexity index is 1000. The number of carboxylic acid groups (broad SMARTS) is 1. The third-order valence-corrected chi connectivity index (χ3v) is 11.1. The molecule has 2 atom stereocenters. The summed E-state index contributed by atoms with van der Waals surface area (Å²) in [5.41, 5.74) is 0. The lowest BCUT2D eigenvalue weighted by molar-refractivity contribution is -0.887. The standard InChI is InChI=1S/C50H93NO7/c1-6-8-10-12-14-16-18-20-22-23-24-25-27-28-30-32-34-36-38-40-48(52)57-45-46(44-56-43-42-47(50(54)55)51(3,4)5)58-49(53)41-39-37-35-33-31-29-26-21-19-17-15-13-11-9-7-2/h15,17,21,26,46-47H,6-14,16,18-20,22-25,27-45H2,1-5H3/p+1/b17-15-,26-21-. The predicted molar refractivity (Wildman–Crippen MR) is 243 cm³/mol. The molecule has 0 aromatic rings. The number of likely N-dealkylation sites (N-methyl/N-ethyl adjacent to an activating group) is 1. The normalized spacial score (nSPS) is 13.1. The highest BCUT2D eigenvalue weighted by atomic mass is 16.6. The van der Waals surface area contributed by atoms with Crippen LogP contribution >= 0.6 is 0 Å². The zero-order chi connectivity index (χ0) is 42.8. The van der Waals surface area contributed by atoms with Crippen LogP contribution in [-0.4, -0.2) is 80.6 Å². The van der Waals surface area contributed by atoms with Gasteiger partial charge in [-0.25, -0.2) is 4.79 Å². The Labute approximate surface area is 358 Å². The molecule has 1 N–H and O–H groups in total. The fraction of sp³-hybridized carbons (Fsp3) is 0.860. The lowest BCUT2D eigenvalue weighted by Gasteiger charge is -2.31. The van der Waals surface area contributed by atoms with Crippen molar-refractivity contribution in [1.82, 2.24) is 0 Å². The zero-order valence-corrected chi connectivity index (χ0v) is 38.8. The molecule has 0 spiro atoms. The number of nitrogens with zero attached hydrogens (tertiary/aromatic N) is 1. The molecule has 0 aromatic carbocycles. The van der Waals surface area contributed by atoms with Crippen LogP contribution in [0.5, 0.6) is 0 Å². The van der Waals surface area contributed by atoms with Crippen LogP contribution in [0.2, 0.25) is 0 Å². The molecule has 340 valence electrons. The van der Waals surface area contributed by atoms with Crippen molar-refractivity contribution in [3.8, 4) is 0 Å². The van der Waals surface area contributed by atoms with Gasteiger partial charge in [0.2, 0.25) is 0 Å². The molecule has 0 radical (unpaired) electrons. The summed E-state index contributed by atoms with van der Waals surface area (Å²) in [7, 11) is 5.53. The number of esters is 2. The van der Waals surface area contributed by atoms with E-state index < -0.39 is 18.1 Å². The van der Waals surface area contributed by atoms with Gasteiger partial charge in [-0.1, -0.05) is 186 Å². The van der Waals surface area contributed by atoms with Crippen molar-refractivity contribution < 1.29 is 38.2 Å². The minimum Gasteiger partial charge on any atom is -0.477 e. The number of carbonyl (C=O) groups excluding carboxylic acids is 2. The van der Waals surface area contributed by atoms with E-state index in [0.29, 0.717) is 19.3 Å². The van der Waals surface area contributed by atoms with Gasteiger partial charge < -0.3 is 23.8 Å². The molecule has 0 rings (SSSR count). The maximum atomic E-state index is 12.7. The fourth-order valence-electron chi connectivity index (χ4n) is 7.30. The lowest BCUT2D eigenvalue weighted by Crippen LogP contribution is -2.50. The molecule has 0 saturated heterocycles. The molecular weight excluding hydrogens is 727 g/mol. The van der Waals surface area contributed by atoms with Gasteiger partial charge in [0.15, 0.2) is 12.1 Å². The van der Waals surface area contributed by atoms with Crippen molar-refractivity contribution in [3.05, 3.63) is 24.3 Å². The number of hydrogen-bond acceptors (Lipinski definition) is 6. The van der Waals surface area contributed by atoms with E-state index in [1.807, 2.05) is 21.1 Å². The van der Waals surface area contributed by atoms with Gasteiger partial charge in [0.1, 0.15) is 6.61 Å². The number of carbonyl (C=O) groups is 3. The molecule has 0 aliphatic heterocycles. The molecule has 0 heterocycles. The maximum absolute atomic E-state index is 12.7. The van der Waals surface area contributed by atoms with Gasteiger partial charge >= 0.3 is 17.9 Å². The third kappa shape index (κ3) is 39.3. The van der Waals surface area contributed by atoms with Crippen molar-refractivity contribution in [2.45, 2.75) is 238 Å². The summed E-state index contributed by atoms with van der Waals surface area (Å²) in [5.74, 6) is -1.47. The second kappa shape index (κ2) is 41.5. The third-order valence-electron chi connectivity index (χ3n) is 11.1. The Morgan fingerprint density at radius 2 is 0.914 bits per heavy atom. The van der Waals surface area contributed by atoms with Gasteiger partial charge in [-0.05, 0) is 44.9 Å². The second-order valence-electron chi connectivity index (χ2n) is 17.7. The van der Waals surface area contributed by atoms with Gasteiger partial charge in [0, 0.05) is 19.3 Å². The molecule has 8 heteroatoms. The molecule has 0 bridgehead atoms. The molecule has 0 saturated carbocycles. The molecule has 0 fully saturated rings. The highest BCUT2D eigenvalue weighted by Crippen LogP contribution is 2.16. The SMILES string of the molecule is CCCCC/C=C\C/C=C\CCCCCCCC(=O)OC(COCCC(C(=O)O)[N+](C)(C)C)COC(=O)CCCCCCCCCCCCCCCCCCCCC. The van der Waals surface area contributed by atoms with E-state index in [9.17, 15) is 19.5 Å². The molecule has 0 aliphatic rings. The predicted octanol–water partition coefficient (Wildman–Crippen LogP) is 13.6. The Hall–Kier alpha value is -2.19. The van der Waals surface area contributed by atoms with Crippen LogP contribution < -0.4 is 0 Å². The van der Waals surface area contributed by atoms with Crippen LogP contribution in [0.4, 0.5) is 0 Å². The van der Waals surface area contributed by atoms with Gasteiger partial charge in [-0.3, -0.25) is 9.59 Å². The Kier molecular flexibility index (Phi) is 40.0. The monoisotopic (exact) mass is 821 g/mol. The molecule has 0 aliphatic carbocycles. The highest BCUT2D eigenvalue weighted by molar-refractivity contribution is 5.72. The molecule has 8 nitrogen and oxygen atoms in total. The van der Waals surface area contributed by atoms with Crippen molar-refractivity contribution in [3.63, 3.8) is 0 Å². The summed E-state index contributed by atoms with van der Waals surface area (Å²) in [6, 6.07) is -0.615. The van der Waals surface area contributed by atoms with Crippen LogP contribution in [0, 0.1) is 0 Å². The minimum atomic E-state index is -0.875. The van der Waals surface area contributed by atoms with Crippen molar-refractivity contribution >= 4 is 17.9 Å². The topological polar surface area (TPSA) is 99.1 Å². The summed E-state index contributed by atoms with van der Waals surface area (Å²) in [6.45, 7) is 4.73. The fourth-order valence-corrected chi connectivity index (χ4v) is 7.30. The van der Waals surface area contributed by atoms with E-state index in [1.165, 1.54) is 128 Å². The van der Waals surface area contributed by atoms with E-state index >= 15 is 0 Å². The van der Waals surface area contributed by atoms with Crippen molar-refractivity contribution in [2.24, 2.45) is 0 Å². The summed E-state index contributed by atoms with van der Waals surface area (Å²) in [6.07, 6.45) is 46.5. The first-order valence-electron chi connectivity index (χ1n) is 24.4. The van der Waals surface area contributed by atoms with E-state index in [4.69, 9.17) is 14.2 Å². The number of unbranched alkanes of at least 4 members (excludes halogenated alkanes) is 26. The van der Waals surface area contributed by atoms with Crippen molar-refractivity contribution in [1.29, 1.82) is 0 Å². The average molecular weight is 821 g/mol. The average Bonchev–Trinajstić information content (AvgIpc) is 3.18.